The summed E-state index contributed by atoms with van der Waals surface area (Å²) in [5.74, 6) is -2.58. The van der Waals surface area contributed by atoms with Crippen LogP contribution < -0.4 is 5.73 Å². The molecule has 5 nitrogen and oxygen atoms in total. The molecule has 0 heterocycles. The largest absolute Gasteiger partial charge is 0.464 e. The van der Waals surface area contributed by atoms with E-state index in [9.17, 15) is 14.0 Å². The first-order valence-electron chi connectivity index (χ1n) is 3.28. The molecule has 0 aromatic carbocycles. The van der Waals surface area contributed by atoms with Crippen molar-refractivity contribution in [2.45, 2.75) is 19.2 Å². The zero-order valence-corrected chi connectivity index (χ0v) is 6.49. The van der Waals surface area contributed by atoms with Gasteiger partial charge in [0.05, 0.1) is 6.61 Å². The fraction of sp³-hybridized carbons (Fsp3) is 0.667. The van der Waals surface area contributed by atoms with Crippen LogP contribution in [0.1, 0.15) is 6.92 Å². The van der Waals surface area contributed by atoms with E-state index in [1.807, 2.05) is 0 Å². The lowest BCUT2D eigenvalue weighted by Crippen LogP contribution is -2.41. The van der Waals surface area contributed by atoms with Gasteiger partial charge in [-0.2, -0.15) is 0 Å². The summed E-state index contributed by atoms with van der Waals surface area (Å²) >= 11 is 0. The van der Waals surface area contributed by atoms with E-state index in [0.717, 1.165) is 0 Å². The molecule has 3 N–H and O–H groups in total. The van der Waals surface area contributed by atoms with E-state index in [0.29, 0.717) is 0 Å². The van der Waals surface area contributed by atoms with Gasteiger partial charge in [0.15, 0.2) is 6.10 Å². The van der Waals surface area contributed by atoms with Gasteiger partial charge >= 0.3 is 5.97 Å². The molecule has 6 heteroatoms. The van der Waals surface area contributed by atoms with E-state index in [2.05, 4.69) is 10.5 Å². The van der Waals surface area contributed by atoms with E-state index in [1.165, 1.54) is 6.92 Å². The number of alkyl halides is 1. The van der Waals surface area contributed by atoms with E-state index >= 15 is 0 Å². The first kappa shape index (κ1) is 10.8. The van der Waals surface area contributed by atoms with E-state index in [1.54, 1.807) is 0 Å². The Morgan fingerprint density at radius 3 is 2.50 bits per heavy atom. The summed E-state index contributed by atoms with van der Waals surface area (Å²) < 4.78 is 16.7. The summed E-state index contributed by atoms with van der Waals surface area (Å²) in [5.41, 5.74) is 4.49. The highest BCUT2D eigenvalue weighted by atomic mass is 19.1. The van der Waals surface area contributed by atoms with Crippen molar-refractivity contribution >= 4 is 11.9 Å². The minimum Gasteiger partial charge on any atom is -0.464 e. The normalized spacial score (nSPS) is 14.9. The lowest BCUT2D eigenvalue weighted by molar-refractivity contribution is -0.159. The second-order valence-corrected chi connectivity index (χ2v) is 2.00. The van der Waals surface area contributed by atoms with Crippen LogP contribution in [0.2, 0.25) is 0 Å². The first-order chi connectivity index (χ1) is 5.50. The molecule has 0 spiro atoms. The molecule has 2 atom stereocenters. The molecule has 0 aromatic heterocycles. The summed E-state index contributed by atoms with van der Waals surface area (Å²) in [6.07, 6.45) is -4.54. The molecule has 0 radical (unpaired) electrons. The number of halogens is 1. The van der Waals surface area contributed by atoms with Crippen LogP contribution in [0.3, 0.4) is 0 Å². The highest BCUT2D eigenvalue weighted by Gasteiger charge is 2.31. The summed E-state index contributed by atoms with van der Waals surface area (Å²) in [6, 6.07) is 0. The van der Waals surface area contributed by atoms with Crippen molar-refractivity contribution in [3.8, 4) is 0 Å². The van der Waals surface area contributed by atoms with Gasteiger partial charge in [-0.1, -0.05) is 0 Å². The van der Waals surface area contributed by atoms with Crippen LogP contribution >= 0.6 is 0 Å². The van der Waals surface area contributed by atoms with Gasteiger partial charge in [0.2, 0.25) is 6.17 Å². The predicted octanol–water partition coefficient (Wildman–Crippen LogP) is -1.27. The molecule has 12 heavy (non-hydrogen) atoms. The van der Waals surface area contributed by atoms with Crippen molar-refractivity contribution in [2.75, 3.05) is 6.61 Å². The number of primary amides is 1. The monoisotopic (exact) mass is 179 g/mol. The molecule has 0 rings (SSSR count). The smallest absolute Gasteiger partial charge is 0.338 e. The molecule has 0 aliphatic heterocycles. The molecule has 0 saturated heterocycles. The fourth-order valence-corrected chi connectivity index (χ4v) is 0.503. The summed E-state index contributed by atoms with van der Waals surface area (Å²) in [4.78, 5) is 20.7. The first-order valence-corrected chi connectivity index (χ1v) is 3.28. The van der Waals surface area contributed by atoms with Crippen molar-refractivity contribution in [1.82, 2.24) is 0 Å². The number of rotatable bonds is 4. The Morgan fingerprint density at radius 2 is 2.17 bits per heavy atom. The SMILES string of the molecule is CCOC(=O)[C@@H](O)[C@H](F)C(N)=O. The van der Waals surface area contributed by atoms with Gasteiger partial charge in [-0.25, -0.2) is 9.18 Å². The number of aliphatic hydroxyl groups is 1. The third-order valence-corrected chi connectivity index (χ3v) is 1.08. The maximum atomic E-state index is 12.5. The van der Waals surface area contributed by atoms with Crippen LogP contribution in [0.4, 0.5) is 4.39 Å². The Balaban J connectivity index is 4.09. The number of amides is 1. The molecule has 0 bridgehead atoms. The lowest BCUT2D eigenvalue weighted by atomic mass is 10.2. The van der Waals surface area contributed by atoms with Gasteiger partial charge in [-0.05, 0) is 6.92 Å². The number of nitrogens with two attached hydrogens (primary N) is 1. The van der Waals surface area contributed by atoms with E-state index in [4.69, 9.17) is 5.11 Å². The summed E-state index contributed by atoms with van der Waals surface area (Å²) in [5, 5.41) is 8.74. The number of aliphatic hydroxyl groups excluding tert-OH is 1. The maximum Gasteiger partial charge on any atom is 0.338 e. The van der Waals surface area contributed by atoms with Crippen LogP contribution in [-0.4, -0.2) is 35.9 Å². The van der Waals surface area contributed by atoms with Gasteiger partial charge in [-0.15, -0.1) is 0 Å². The average Bonchev–Trinajstić information content (AvgIpc) is 2.02. The number of ether oxygens (including phenoxy) is 1. The predicted molar refractivity (Wildman–Crippen MR) is 36.7 cm³/mol. The fourth-order valence-electron chi connectivity index (χ4n) is 0.503. The number of hydrogen-bond donors (Lipinski definition) is 2. The summed E-state index contributed by atoms with van der Waals surface area (Å²) in [7, 11) is 0. The Bertz CT molecular complexity index is 184. The molecule has 0 aliphatic rings. The van der Waals surface area contributed by atoms with Gasteiger partial charge in [0, 0.05) is 0 Å². The third kappa shape index (κ3) is 2.83. The van der Waals surface area contributed by atoms with Crippen molar-refractivity contribution in [1.29, 1.82) is 0 Å². The molecular formula is C6H10FNO4. The lowest BCUT2D eigenvalue weighted by Gasteiger charge is -2.10. The highest BCUT2D eigenvalue weighted by molar-refractivity contribution is 5.87. The Kier molecular flexibility index (Phi) is 4.20. The summed E-state index contributed by atoms with van der Waals surface area (Å²) in [6.45, 7) is 1.49. The molecule has 0 aromatic rings. The Morgan fingerprint density at radius 1 is 1.67 bits per heavy atom. The maximum absolute atomic E-state index is 12.5. The minimum absolute atomic E-state index is 0.00136. The number of carbonyl (C=O) groups is 2. The molecule has 70 valence electrons. The van der Waals surface area contributed by atoms with Crippen LogP contribution in [0.15, 0.2) is 0 Å². The Labute approximate surface area is 68.3 Å². The van der Waals surface area contributed by atoms with Crippen molar-refractivity contribution in [2.24, 2.45) is 5.73 Å². The molecule has 0 unspecified atom stereocenters. The Hall–Kier alpha value is -1.17. The topological polar surface area (TPSA) is 89.6 Å². The molecule has 0 aliphatic carbocycles. The van der Waals surface area contributed by atoms with Crippen LogP contribution in [0.25, 0.3) is 0 Å². The minimum atomic E-state index is -2.41. The second-order valence-electron chi connectivity index (χ2n) is 2.00. The van der Waals surface area contributed by atoms with E-state index in [-0.39, 0.29) is 6.61 Å². The van der Waals surface area contributed by atoms with Crippen molar-refractivity contribution < 1.29 is 23.8 Å². The average molecular weight is 179 g/mol. The molecule has 0 saturated carbocycles. The van der Waals surface area contributed by atoms with Crippen LogP contribution in [0, 0.1) is 0 Å². The zero-order valence-electron chi connectivity index (χ0n) is 6.49. The van der Waals surface area contributed by atoms with Crippen molar-refractivity contribution in [3.05, 3.63) is 0 Å². The van der Waals surface area contributed by atoms with Gasteiger partial charge < -0.3 is 15.6 Å². The molecular weight excluding hydrogens is 169 g/mol. The van der Waals surface area contributed by atoms with E-state index < -0.39 is 24.2 Å². The second kappa shape index (κ2) is 4.66. The van der Waals surface area contributed by atoms with Crippen LogP contribution in [0.5, 0.6) is 0 Å². The van der Waals surface area contributed by atoms with Crippen LogP contribution in [-0.2, 0) is 14.3 Å². The van der Waals surface area contributed by atoms with Gasteiger partial charge in [0.25, 0.3) is 5.91 Å². The highest BCUT2D eigenvalue weighted by Crippen LogP contribution is 2.00. The molecule has 0 fully saturated rings. The molecule has 1 amide bonds. The number of esters is 1. The number of carbonyl (C=O) groups excluding carboxylic acids is 2. The zero-order chi connectivity index (χ0) is 9.72. The number of hydrogen-bond acceptors (Lipinski definition) is 4. The standard InChI is InChI=1S/C6H10FNO4/c1-2-12-6(11)4(9)3(7)5(8)10/h3-4,9H,2H2,1H3,(H2,8,10)/t3-,4-/m0/s1. The third-order valence-electron chi connectivity index (χ3n) is 1.08. The van der Waals surface area contributed by atoms with Gasteiger partial charge in [0.1, 0.15) is 0 Å². The van der Waals surface area contributed by atoms with Crippen molar-refractivity contribution in [3.63, 3.8) is 0 Å². The quantitative estimate of drug-likeness (QED) is 0.527. The van der Waals surface area contributed by atoms with Gasteiger partial charge in [-0.3, -0.25) is 4.79 Å².